The molecule has 0 unspecified atom stereocenters. The molecule has 3 rings (SSSR count). The van der Waals surface area contributed by atoms with Crippen molar-refractivity contribution >= 4 is 0 Å². The van der Waals surface area contributed by atoms with E-state index in [1.54, 1.807) is 0 Å². The van der Waals surface area contributed by atoms with Gasteiger partial charge in [-0.25, -0.2) is 4.98 Å². The van der Waals surface area contributed by atoms with Crippen molar-refractivity contribution in [3.8, 4) is 0 Å². The van der Waals surface area contributed by atoms with E-state index in [9.17, 15) is 5.11 Å². The van der Waals surface area contributed by atoms with Gasteiger partial charge in [0.1, 0.15) is 5.82 Å². The van der Waals surface area contributed by atoms with Gasteiger partial charge in [-0.3, -0.25) is 9.80 Å². The molecule has 2 aliphatic rings. The SMILES string of the molecule is Cc1ncc(CN2C[C@H]3C[C@@H](O)CN3C[C@H]2C)n1C. The number of aliphatic hydroxyl groups excluding tert-OH is 1. The zero-order valence-electron chi connectivity index (χ0n) is 12.1. The number of aromatic nitrogens is 2. The molecular formula is C14H24N4O. The largest absolute Gasteiger partial charge is 0.392 e. The lowest BCUT2D eigenvalue weighted by atomic mass is 10.1. The second-order valence-corrected chi connectivity index (χ2v) is 6.13. The van der Waals surface area contributed by atoms with Gasteiger partial charge in [0.25, 0.3) is 0 Å². The van der Waals surface area contributed by atoms with Gasteiger partial charge in [-0.05, 0) is 20.3 Å². The topological polar surface area (TPSA) is 44.5 Å². The summed E-state index contributed by atoms with van der Waals surface area (Å²) in [7, 11) is 2.08. The fourth-order valence-electron chi connectivity index (χ4n) is 3.40. The predicted molar refractivity (Wildman–Crippen MR) is 73.8 cm³/mol. The molecular weight excluding hydrogens is 240 g/mol. The van der Waals surface area contributed by atoms with Crippen LogP contribution in [0.5, 0.6) is 0 Å². The molecule has 3 atom stereocenters. The number of rotatable bonds is 2. The highest BCUT2D eigenvalue weighted by Gasteiger charge is 2.38. The third-order valence-corrected chi connectivity index (χ3v) is 4.75. The van der Waals surface area contributed by atoms with Gasteiger partial charge in [-0.2, -0.15) is 0 Å². The van der Waals surface area contributed by atoms with E-state index < -0.39 is 0 Å². The molecule has 5 heteroatoms. The van der Waals surface area contributed by atoms with Crippen LogP contribution in [0.15, 0.2) is 6.20 Å². The molecule has 0 spiro atoms. The first-order valence-electron chi connectivity index (χ1n) is 7.18. The summed E-state index contributed by atoms with van der Waals surface area (Å²) < 4.78 is 2.17. The highest BCUT2D eigenvalue weighted by Crippen LogP contribution is 2.26. The van der Waals surface area contributed by atoms with Crippen molar-refractivity contribution in [3.63, 3.8) is 0 Å². The van der Waals surface area contributed by atoms with Gasteiger partial charge in [0.05, 0.1) is 11.8 Å². The first-order chi connectivity index (χ1) is 9.04. The quantitative estimate of drug-likeness (QED) is 0.838. The van der Waals surface area contributed by atoms with Gasteiger partial charge in [0, 0.05) is 51.5 Å². The van der Waals surface area contributed by atoms with Crippen LogP contribution in [-0.2, 0) is 13.6 Å². The smallest absolute Gasteiger partial charge is 0.105 e. The fraction of sp³-hybridized carbons (Fsp3) is 0.786. The van der Waals surface area contributed by atoms with Gasteiger partial charge in [-0.15, -0.1) is 0 Å². The van der Waals surface area contributed by atoms with Gasteiger partial charge in [-0.1, -0.05) is 0 Å². The van der Waals surface area contributed by atoms with E-state index in [4.69, 9.17) is 0 Å². The lowest BCUT2D eigenvalue weighted by molar-refractivity contribution is 0.0514. The zero-order valence-corrected chi connectivity index (χ0v) is 12.1. The molecule has 0 aliphatic carbocycles. The Morgan fingerprint density at radius 1 is 1.37 bits per heavy atom. The van der Waals surface area contributed by atoms with Crippen LogP contribution in [0.25, 0.3) is 0 Å². The highest BCUT2D eigenvalue weighted by molar-refractivity contribution is 5.05. The predicted octanol–water partition coefficient (Wildman–Crippen LogP) is 0.368. The van der Waals surface area contributed by atoms with Crippen molar-refractivity contribution in [1.82, 2.24) is 19.4 Å². The van der Waals surface area contributed by atoms with Crippen LogP contribution >= 0.6 is 0 Å². The van der Waals surface area contributed by atoms with Crippen molar-refractivity contribution in [2.45, 2.75) is 45.0 Å². The lowest BCUT2D eigenvalue weighted by Gasteiger charge is -2.42. The van der Waals surface area contributed by atoms with Crippen LogP contribution in [0.3, 0.4) is 0 Å². The van der Waals surface area contributed by atoms with E-state index in [1.165, 1.54) is 5.69 Å². The molecule has 1 aromatic heterocycles. The third kappa shape index (κ3) is 2.42. The average molecular weight is 264 g/mol. The molecule has 3 heterocycles. The molecule has 0 radical (unpaired) electrons. The number of nitrogens with zero attached hydrogens (tertiary/aromatic N) is 4. The minimum Gasteiger partial charge on any atom is -0.392 e. The maximum absolute atomic E-state index is 9.80. The molecule has 0 bridgehead atoms. The van der Waals surface area contributed by atoms with E-state index >= 15 is 0 Å². The maximum Gasteiger partial charge on any atom is 0.105 e. The van der Waals surface area contributed by atoms with E-state index in [-0.39, 0.29) is 6.10 Å². The van der Waals surface area contributed by atoms with Gasteiger partial charge in [0.2, 0.25) is 0 Å². The zero-order chi connectivity index (χ0) is 13.6. The van der Waals surface area contributed by atoms with E-state index in [0.29, 0.717) is 12.1 Å². The Morgan fingerprint density at radius 2 is 2.16 bits per heavy atom. The van der Waals surface area contributed by atoms with Gasteiger partial charge >= 0.3 is 0 Å². The molecule has 5 nitrogen and oxygen atoms in total. The van der Waals surface area contributed by atoms with Crippen molar-refractivity contribution in [2.24, 2.45) is 7.05 Å². The highest BCUT2D eigenvalue weighted by atomic mass is 16.3. The molecule has 106 valence electrons. The molecule has 2 saturated heterocycles. The van der Waals surface area contributed by atoms with Crippen LogP contribution in [0, 0.1) is 6.92 Å². The van der Waals surface area contributed by atoms with E-state index in [0.717, 1.165) is 38.4 Å². The molecule has 2 fully saturated rings. The minimum atomic E-state index is -0.129. The molecule has 2 aliphatic heterocycles. The lowest BCUT2D eigenvalue weighted by Crippen LogP contribution is -2.54. The Balaban J connectivity index is 1.70. The Labute approximate surface area is 114 Å². The summed E-state index contributed by atoms with van der Waals surface area (Å²) in [5.74, 6) is 1.07. The first-order valence-corrected chi connectivity index (χ1v) is 7.18. The number of hydrogen-bond donors (Lipinski definition) is 1. The van der Waals surface area contributed by atoms with E-state index in [1.807, 2.05) is 13.1 Å². The van der Waals surface area contributed by atoms with Crippen LogP contribution in [-0.4, -0.2) is 62.3 Å². The second kappa shape index (κ2) is 4.89. The fourth-order valence-corrected chi connectivity index (χ4v) is 3.40. The summed E-state index contributed by atoms with van der Waals surface area (Å²) >= 11 is 0. The molecule has 0 amide bonds. The van der Waals surface area contributed by atoms with Gasteiger partial charge < -0.3 is 9.67 Å². The number of fused-ring (bicyclic) bond motifs is 1. The summed E-state index contributed by atoms with van der Waals surface area (Å²) in [6.07, 6.45) is 2.78. The van der Waals surface area contributed by atoms with Crippen molar-refractivity contribution in [1.29, 1.82) is 0 Å². The standard InChI is InChI=1S/C14H24N4O/c1-10-6-18-9-14(19)4-12(18)7-17(10)8-13-5-15-11(2)16(13)3/h5,10,12,14,19H,4,6-9H2,1-3H3/t10-,12-,14-/m1/s1. The minimum absolute atomic E-state index is 0.129. The summed E-state index contributed by atoms with van der Waals surface area (Å²) in [6, 6.07) is 1.07. The number of piperazine rings is 1. The average Bonchev–Trinajstić information content (AvgIpc) is 2.85. The van der Waals surface area contributed by atoms with Crippen molar-refractivity contribution in [3.05, 3.63) is 17.7 Å². The number of aryl methyl sites for hydroxylation is 1. The number of aliphatic hydroxyl groups is 1. The van der Waals surface area contributed by atoms with Crippen molar-refractivity contribution in [2.75, 3.05) is 19.6 Å². The van der Waals surface area contributed by atoms with Crippen molar-refractivity contribution < 1.29 is 5.11 Å². The van der Waals surface area contributed by atoms with Crippen LogP contribution in [0.4, 0.5) is 0 Å². The molecule has 1 N–H and O–H groups in total. The summed E-state index contributed by atoms with van der Waals surface area (Å²) in [5.41, 5.74) is 1.27. The summed E-state index contributed by atoms with van der Waals surface area (Å²) in [5, 5.41) is 9.80. The molecule has 1 aromatic rings. The maximum atomic E-state index is 9.80. The number of imidazole rings is 1. The van der Waals surface area contributed by atoms with Crippen LogP contribution in [0.1, 0.15) is 24.9 Å². The summed E-state index contributed by atoms with van der Waals surface area (Å²) in [6.45, 7) is 8.26. The monoisotopic (exact) mass is 264 g/mol. The van der Waals surface area contributed by atoms with Crippen LogP contribution < -0.4 is 0 Å². The molecule has 0 saturated carbocycles. The normalized spacial score (nSPS) is 32.7. The third-order valence-electron chi connectivity index (χ3n) is 4.75. The Bertz CT molecular complexity index is 458. The Kier molecular flexibility index (Phi) is 3.37. The molecule has 19 heavy (non-hydrogen) atoms. The Morgan fingerprint density at radius 3 is 2.84 bits per heavy atom. The first kappa shape index (κ1) is 13.1. The Hall–Kier alpha value is -0.910. The second-order valence-electron chi connectivity index (χ2n) is 6.13. The van der Waals surface area contributed by atoms with Crippen LogP contribution in [0.2, 0.25) is 0 Å². The summed E-state index contributed by atoms with van der Waals surface area (Å²) in [4.78, 5) is 9.34. The van der Waals surface area contributed by atoms with E-state index in [2.05, 4.69) is 33.3 Å². The van der Waals surface area contributed by atoms with Gasteiger partial charge in [0.15, 0.2) is 0 Å². The molecule has 0 aromatic carbocycles. The number of hydrogen-bond acceptors (Lipinski definition) is 4.